The molecule has 0 spiro atoms. The highest BCUT2D eigenvalue weighted by Crippen LogP contribution is 2.42. The van der Waals surface area contributed by atoms with Gasteiger partial charge in [-0.15, -0.1) is 0 Å². The van der Waals surface area contributed by atoms with Gasteiger partial charge in [0.25, 0.3) is 0 Å². The van der Waals surface area contributed by atoms with Crippen LogP contribution in [0.4, 0.5) is 0 Å². The van der Waals surface area contributed by atoms with Crippen LogP contribution in [-0.4, -0.2) is 136 Å². The summed E-state index contributed by atoms with van der Waals surface area (Å²) in [4.78, 5) is 143. The van der Waals surface area contributed by atoms with Crippen molar-refractivity contribution in [1.82, 2.24) is 0 Å². The normalized spacial score (nSPS) is 15.6. The van der Waals surface area contributed by atoms with Gasteiger partial charge >= 0.3 is 71.6 Å². The number of allylic oxidation sites excluding steroid dienone is 9. The van der Waals surface area contributed by atoms with Crippen LogP contribution in [0.1, 0.15) is 549 Å². The highest BCUT2D eigenvalue weighted by Gasteiger charge is 2.46. The molecule has 0 bridgehead atoms. The highest BCUT2D eigenvalue weighted by atomic mass is 16.6. The molecule has 1 aliphatic rings. The van der Waals surface area contributed by atoms with Crippen molar-refractivity contribution in [2.75, 3.05) is 0 Å². The average Bonchev–Trinajstić information content (AvgIpc) is 0.786. The zero-order valence-electron chi connectivity index (χ0n) is 91.3. The maximum atomic E-state index is 14.0. The molecule has 11 unspecified atom stereocenters. The molecule has 0 amide bonds. The standard InChI is InChI=1S/C40H68O8.2C40H70O8/c1-3-5-7-18-24-32-30-31-33(25-19-14-13-17-23-29-36(43)44)38(37(32)39(45)46)40(47)48-34(26-20-8-6-4-2)27-21-15-11-9-10-12-16-22-28-35(41)42;1-3-5-7-9-16-21-27-34(28-22-17-14-15-20-26-32-38(43)44)36(33-39(45)46)40(47)48-35(29-23-8-6-4-2)30-24-18-12-10-11-13-19-25-31-37(41)42;1-3-5-7-9-12-16-21-27-34(28-22-17-15-20-26-32-38(43)44)36(33-39(45)46)40(47)48-35(29-23-8-6-4-2)30-24-18-13-10-11-14-19-25-31-37(41)42/h15,21,30-34,37-38H,3-14,16-20,22-29H2,1-2H3,(H,41,42)(H,43,44)(H,45,46);18,22,24,28,34-36H,3-17,19-21,23,25-27,29-33H2,1-2H3,(H,41,42)(H,43,44)(H,45,46);18,21,24,27,34-36H,3-17,19-20,22-23,25-26,28-33H2,1-2H3,(H,41,42)(H,43,44)(H,45,46)/b21-15-;24-18-,28-22-;24-18-,27-21-. The fourth-order valence-corrected chi connectivity index (χ4v) is 19.1. The first kappa shape index (κ1) is 138. The minimum Gasteiger partial charge on any atom is -0.481 e. The van der Waals surface area contributed by atoms with Gasteiger partial charge in [-0.1, -0.05) is 384 Å². The van der Waals surface area contributed by atoms with Crippen LogP contribution in [0.5, 0.6) is 0 Å². The van der Waals surface area contributed by atoms with Gasteiger partial charge in [0.2, 0.25) is 0 Å². The van der Waals surface area contributed by atoms with Crippen molar-refractivity contribution in [1.29, 1.82) is 0 Å². The van der Waals surface area contributed by atoms with E-state index in [1.54, 1.807) is 0 Å². The molecule has 11 atom stereocenters. The molecule has 1 aliphatic carbocycles. The van der Waals surface area contributed by atoms with E-state index in [2.05, 4.69) is 114 Å². The lowest BCUT2D eigenvalue weighted by Crippen LogP contribution is -2.43. The summed E-state index contributed by atoms with van der Waals surface area (Å²) in [5.41, 5.74) is 0. The number of carbonyl (C=O) groups is 12. The number of unbranched alkanes of at least 4 members (excludes halogenated alkanes) is 49. The summed E-state index contributed by atoms with van der Waals surface area (Å²) in [5, 5.41) is 83.0. The summed E-state index contributed by atoms with van der Waals surface area (Å²) in [6, 6.07) is 0. The third-order valence-electron chi connectivity index (χ3n) is 27.8. The lowest BCUT2D eigenvalue weighted by Gasteiger charge is -2.37. The van der Waals surface area contributed by atoms with Crippen LogP contribution in [0, 0.1) is 47.3 Å². The van der Waals surface area contributed by atoms with Gasteiger partial charge < -0.3 is 60.2 Å². The molecule has 24 nitrogen and oxygen atoms in total. The molecule has 24 heteroatoms. The van der Waals surface area contributed by atoms with Crippen LogP contribution in [0.2, 0.25) is 0 Å². The summed E-state index contributed by atoms with van der Waals surface area (Å²) in [6.07, 6.45) is 92.8. The Bertz CT molecular complexity index is 3360. The molecule has 0 aromatic carbocycles. The predicted molar refractivity (Wildman–Crippen MR) is 580 cm³/mol. The molecule has 9 N–H and O–H groups in total. The summed E-state index contributed by atoms with van der Waals surface area (Å²) in [5.74, 6) is -12.3. The Morgan fingerprint density at radius 1 is 0.236 bits per heavy atom. The van der Waals surface area contributed by atoms with E-state index in [9.17, 15) is 72.9 Å². The fraction of sp³-hybridized carbons (Fsp3) is 0.800. The number of ether oxygens (including phenoxy) is 3. The first-order chi connectivity index (χ1) is 69.6. The number of aliphatic carboxylic acids is 9. The van der Waals surface area contributed by atoms with Crippen molar-refractivity contribution in [2.24, 2.45) is 47.3 Å². The van der Waals surface area contributed by atoms with E-state index in [4.69, 9.17) is 44.8 Å². The van der Waals surface area contributed by atoms with Gasteiger partial charge in [0.1, 0.15) is 18.3 Å². The molecule has 0 aliphatic heterocycles. The molecular weight excluding hydrogens is 1830 g/mol. The first-order valence-corrected chi connectivity index (χ1v) is 58.2. The van der Waals surface area contributed by atoms with E-state index in [1.807, 2.05) is 0 Å². The van der Waals surface area contributed by atoms with E-state index >= 15 is 0 Å². The zero-order chi connectivity index (χ0) is 107. The largest absolute Gasteiger partial charge is 0.481 e. The Labute approximate surface area is 871 Å². The molecular formula is C120H208O24. The maximum Gasteiger partial charge on any atom is 0.310 e. The van der Waals surface area contributed by atoms with Crippen LogP contribution in [0.3, 0.4) is 0 Å². The fourth-order valence-electron chi connectivity index (χ4n) is 19.1. The van der Waals surface area contributed by atoms with Gasteiger partial charge in [-0.2, -0.15) is 0 Å². The number of rotatable bonds is 101. The van der Waals surface area contributed by atoms with Gasteiger partial charge in [-0.25, -0.2) is 0 Å². The second-order valence-electron chi connectivity index (χ2n) is 41.0. The first-order valence-electron chi connectivity index (χ1n) is 58.2. The molecule has 0 aromatic rings. The SMILES string of the molecule is CCCCCCC(C/C=C\CCCCCCCC(=O)O)OC(=O)C1C(CCCCCCCC(=O)O)C=CC(CCCCCC)C1C(=O)O.CCCCCCC/C=C\C(CCCCCCCC(=O)O)C(CC(=O)O)C(=O)OC(C/C=C\CCCCCCCC(=O)O)CCCCCC.CCCCCCCCC(/C=C\CCCCCCC(=O)O)C(CC(=O)O)C(=O)OC(C/C=C\CCCCCCCC(=O)O)CCCCCC. The molecule has 0 saturated carbocycles. The Hall–Kier alpha value is -7.92. The number of carboxylic acid groups (broad SMARTS) is 9. The smallest absolute Gasteiger partial charge is 0.310 e. The van der Waals surface area contributed by atoms with Crippen LogP contribution < -0.4 is 0 Å². The van der Waals surface area contributed by atoms with Crippen molar-refractivity contribution in [3.05, 3.63) is 72.9 Å². The van der Waals surface area contributed by atoms with Crippen LogP contribution in [0.25, 0.3) is 0 Å². The quantitative estimate of drug-likeness (QED) is 0.0118. The van der Waals surface area contributed by atoms with Crippen molar-refractivity contribution >= 4 is 71.6 Å². The van der Waals surface area contributed by atoms with E-state index in [0.29, 0.717) is 44.9 Å². The number of hydrogen-bond acceptors (Lipinski definition) is 15. The van der Waals surface area contributed by atoms with Crippen molar-refractivity contribution in [2.45, 2.75) is 567 Å². The molecule has 144 heavy (non-hydrogen) atoms. The Morgan fingerprint density at radius 2 is 0.458 bits per heavy atom. The number of esters is 3. The third-order valence-corrected chi connectivity index (χ3v) is 27.8. The van der Waals surface area contributed by atoms with Gasteiger partial charge in [0.05, 0.1) is 36.5 Å². The van der Waals surface area contributed by atoms with Crippen molar-refractivity contribution in [3.63, 3.8) is 0 Å². The van der Waals surface area contributed by atoms with E-state index < -0.39 is 89.3 Å². The summed E-state index contributed by atoms with van der Waals surface area (Å²) < 4.78 is 18.5. The summed E-state index contributed by atoms with van der Waals surface area (Å²) in [7, 11) is 0. The molecule has 0 radical (unpaired) electrons. The van der Waals surface area contributed by atoms with Crippen LogP contribution >= 0.6 is 0 Å². The van der Waals surface area contributed by atoms with E-state index in [1.165, 1.54) is 44.9 Å². The summed E-state index contributed by atoms with van der Waals surface area (Å²) >= 11 is 0. The second kappa shape index (κ2) is 101. The number of carboxylic acids is 9. The zero-order valence-corrected chi connectivity index (χ0v) is 91.3. The van der Waals surface area contributed by atoms with Gasteiger partial charge in [-0.3, -0.25) is 57.5 Å². The lowest BCUT2D eigenvalue weighted by molar-refractivity contribution is -0.166. The Morgan fingerprint density at radius 3 is 0.729 bits per heavy atom. The minimum atomic E-state index is -0.995. The number of carbonyl (C=O) groups excluding carboxylic acids is 3. The highest BCUT2D eigenvalue weighted by molar-refractivity contribution is 5.83. The van der Waals surface area contributed by atoms with Crippen molar-refractivity contribution in [3.8, 4) is 0 Å². The summed E-state index contributed by atoms with van der Waals surface area (Å²) in [6.45, 7) is 13.0. The van der Waals surface area contributed by atoms with Gasteiger partial charge in [-0.05, 0) is 191 Å². The third kappa shape index (κ3) is 88.2. The second-order valence-corrected chi connectivity index (χ2v) is 41.0. The minimum absolute atomic E-state index is 0.182. The molecule has 0 aromatic heterocycles. The monoisotopic (exact) mass is 2030 g/mol. The molecule has 0 heterocycles. The molecule has 832 valence electrons. The topological polar surface area (TPSA) is 415 Å². The maximum absolute atomic E-state index is 14.0. The Balaban J connectivity index is 0. The Kier molecular flexibility index (Phi) is 96.8. The van der Waals surface area contributed by atoms with E-state index in [0.717, 1.165) is 366 Å². The molecule has 1 rings (SSSR count). The number of hydrogen-bond donors (Lipinski definition) is 9. The lowest BCUT2D eigenvalue weighted by atomic mass is 9.67. The van der Waals surface area contributed by atoms with Crippen molar-refractivity contribution < 1.29 is 118 Å². The van der Waals surface area contributed by atoms with Gasteiger partial charge in [0.15, 0.2) is 0 Å². The van der Waals surface area contributed by atoms with Crippen LogP contribution in [0.15, 0.2) is 72.9 Å². The van der Waals surface area contributed by atoms with Gasteiger partial charge in [0, 0.05) is 57.8 Å². The van der Waals surface area contributed by atoms with E-state index in [-0.39, 0.29) is 99.3 Å². The average molecular weight is 2030 g/mol. The molecule has 0 saturated heterocycles. The molecule has 0 fully saturated rings. The predicted octanol–water partition coefficient (Wildman–Crippen LogP) is 32.7. The van der Waals surface area contributed by atoms with Crippen LogP contribution in [-0.2, 0) is 71.7 Å².